The minimum absolute atomic E-state index is 0.0373. The van der Waals surface area contributed by atoms with Crippen LogP contribution >= 0.6 is 0 Å². The molecule has 0 amide bonds. The molecule has 106 valence electrons. The number of carboxylic acid groups (broad SMARTS) is 1. The number of carbonyl (C=O) groups is 2. The van der Waals surface area contributed by atoms with Gasteiger partial charge in [0.1, 0.15) is 0 Å². The second-order valence-corrected chi connectivity index (χ2v) is 4.62. The van der Waals surface area contributed by atoms with E-state index in [9.17, 15) is 4.79 Å². The summed E-state index contributed by atoms with van der Waals surface area (Å²) in [6.45, 7) is 3.68. The SMILES string of the molecule is CC(=O)O.CC[C@@H]1C(=O)OC[C@@H]1Cc1cncn1C. The summed E-state index contributed by atoms with van der Waals surface area (Å²) in [7, 11) is 1.97. The Labute approximate surface area is 112 Å². The van der Waals surface area contributed by atoms with Crippen LogP contribution in [-0.4, -0.2) is 33.2 Å². The van der Waals surface area contributed by atoms with Crippen molar-refractivity contribution in [1.29, 1.82) is 0 Å². The van der Waals surface area contributed by atoms with Crippen molar-refractivity contribution in [3.63, 3.8) is 0 Å². The zero-order valence-electron chi connectivity index (χ0n) is 11.5. The molecule has 0 spiro atoms. The first-order valence-electron chi connectivity index (χ1n) is 6.27. The van der Waals surface area contributed by atoms with Crippen molar-refractivity contribution in [2.24, 2.45) is 18.9 Å². The van der Waals surface area contributed by atoms with E-state index in [4.69, 9.17) is 14.6 Å². The van der Waals surface area contributed by atoms with Gasteiger partial charge in [0.05, 0.1) is 18.9 Å². The molecular formula is C13H20N2O4. The first kappa shape index (κ1) is 15.2. The second-order valence-electron chi connectivity index (χ2n) is 4.62. The fraction of sp³-hybridized carbons (Fsp3) is 0.615. The van der Waals surface area contributed by atoms with Gasteiger partial charge in [0, 0.05) is 31.8 Å². The lowest BCUT2D eigenvalue weighted by atomic mass is 9.89. The zero-order valence-corrected chi connectivity index (χ0v) is 11.5. The molecule has 1 N–H and O–H groups in total. The molecule has 2 atom stereocenters. The lowest BCUT2D eigenvalue weighted by Crippen LogP contribution is -2.18. The van der Waals surface area contributed by atoms with E-state index < -0.39 is 5.97 Å². The summed E-state index contributed by atoms with van der Waals surface area (Å²) in [5.41, 5.74) is 1.16. The fourth-order valence-corrected chi connectivity index (χ4v) is 2.16. The van der Waals surface area contributed by atoms with Gasteiger partial charge in [-0.1, -0.05) is 6.92 Å². The number of carboxylic acids is 1. The average molecular weight is 268 g/mol. The molecule has 1 saturated heterocycles. The van der Waals surface area contributed by atoms with Gasteiger partial charge in [0.25, 0.3) is 5.97 Å². The van der Waals surface area contributed by atoms with E-state index in [0.29, 0.717) is 12.5 Å². The van der Waals surface area contributed by atoms with Crippen molar-refractivity contribution in [3.05, 3.63) is 18.2 Å². The Morgan fingerprint density at radius 2 is 2.26 bits per heavy atom. The molecule has 0 bridgehead atoms. The Bertz CT molecular complexity index is 438. The lowest BCUT2D eigenvalue weighted by Gasteiger charge is -2.12. The highest BCUT2D eigenvalue weighted by Crippen LogP contribution is 2.27. The third-order valence-corrected chi connectivity index (χ3v) is 3.14. The smallest absolute Gasteiger partial charge is 0.309 e. The van der Waals surface area contributed by atoms with Crippen LogP contribution in [0.25, 0.3) is 0 Å². The minimum atomic E-state index is -0.833. The first-order chi connectivity index (χ1) is 8.95. The molecule has 0 radical (unpaired) electrons. The average Bonchev–Trinajstić information content (AvgIpc) is 2.86. The molecular weight excluding hydrogens is 248 g/mol. The summed E-state index contributed by atoms with van der Waals surface area (Å²) in [6, 6.07) is 0. The van der Waals surface area contributed by atoms with E-state index in [2.05, 4.69) is 4.98 Å². The number of ether oxygens (including phenoxy) is 1. The van der Waals surface area contributed by atoms with Crippen molar-refractivity contribution in [1.82, 2.24) is 9.55 Å². The maximum absolute atomic E-state index is 11.4. The van der Waals surface area contributed by atoms with E-state index in [0.717, 1.165) is 25.5 Å². The number of nitrogens with zero attached hydrogens (tertiary/aromatic N) is 2. The Hall–Kier alpha value is -1.85. The monoisotopic (exact) mass is 268 g/mol. The zero-order chi connectivity index (χ0) is 14.4. The van der Waals surface area contributed by atoms with E-state index in [1.165, 1.54) is 0 Å². The molecule has 19 heavy (non-hydrogen) atoms. The highest BCUT2D eigenvalue weighted by molar-refractivity contribution is 5.74. The number of aromatic nitrogens is 2. The number of cyclic esters (lactones) is 1. The van der Waals surface area contributed by atoms with Gasteiger partial charge in [0.15, 0.2) is 0 Å². The van der Waals surface area contributed by atoms with E-state index >= 15 is 0 Å². The minimum Gasteiger partial charge on any atom is -0.481 e. The predicted molar refractivity (Wildman–Crippen MR) is 68.5 cm³/mol. The number of hydrogen-bond acceptors (Lipinski definition) is 4. The normalized spacial score (nSPS) is 21.5. The van der Waals surface area contributed by atoms with Crippen LogP contribution in [0.1, 0.15) is 26.0 Å². The van der Waals surface area contributed by atoms with Gasteiger partial charge in [0.2, 0.25) is 0 Å². The Morgan fingerprint density at radius 3 is 2.74 bits per heavy atom. The molecule has 1 aliphatic rings. The van der Waals surface area contributed by atoms with Crippen LogP contribution in [0, 0.1) is 11.8 Å². The number of aliphatic carboxylic acids is 1. The number of hydrogen-bond donors (Lipinski definition) is 1. The molecule has 0 aliphatic carbocycles. The van der Waals surface area contributed by atoms with Crippen LogP contribution in [0.4, 0.5) is 0 Å². The first-order valence-corrected chi connectivity index (χ1v) is 6.27. The molecule has 6 heteroatoms. The molecule has 2 rings (SSSR count). The molecule has 1 aliphatic heterocycles. The summed E-state index contributed by atoms with van der Waals surface area (Å²) in [6.07, 6.45) is 5.38. The van der Waals surface area contributed by atoms with Crippen LogP contribution in [-0.2, 0) is 27.8 Å². The Balaban J connectivity index is 0.000000399. The van der Waals surface area contributed by atoms with Gasteiger partial charge < -0.3 is 14.4 Å². The lowest BCUT2D eigenvalue weighted by molar-refractivity contribution is -0.141. The number of imidazole rings is 1. The summed E-state index contributed by atoms with van der Waals surface area (Å²) in [5.74, 6) is -0.484. The second kappa shape index (κ2) is 6.92. The molecule has 1 aromatic heterocycles. The maximum atomic E-state index is 11.4. The van der Waals surface area contributed by atoms with Crippen molar-refractivity contribution >= 4 is 11.9 Å². The van der Waals surface area contributed by atoms with Gasteiger partial charge in [-0.2, -0.15) is 0 Å². The van der Waals surface area contributed by atoms with Crippen LogP contribution in [0.3, 0.4) is 0 Å². The molecule has 1 fully saturated rings. The van der Waals surface area contributed by atoms with Crippen LogP contribution in [0.5, 0.6) is 0 Å². The van der Waals surface area contributed by atoms with Crippen LogP contribution in [0.2, 0.25) is 0 Å². The van der Waals surface area contributed by atoms with Crippen molar-refractivity contribution < 1.29 is 19.4 Å². The Morgan fingerprint density at radius 1 is 1.63 bits per heavy atom. The van der Waals surface area contributed by atoms with E-state index in [-0.39, 0.29) is 11.9 Å². The number of carbonyl (C=O) groups excluding carboxylic acids is 1. The number of esters is 1. The predicted octanol–water partition coefficient (Wildman–Crippen LogP) is 1.25. The van der Waals surface area contributed by atoms with E-state index in [1.807, 2.05) is 24.7 Å². The molecule has 1 aromatic rings. The van der Waals surface area contributed by atoms with Crippen LogP contribution < -0.4 is 0 Å². The summed E-state index contributed by atoms with van der Waals surface area (Å²) >= 11 is 0. The standard InChI is InChI=1S/C11H16N2O2.C2H4O2/c1-3-10-8(6-15-11(10)14)4-9-5-12-7-13(9)2;1-2(3)4/h5,7-8,10H,3-4,6H2,1-2H3;1H3,(H,3,4)/t8-,10-;/m0./s1. The van der Waals surface area contributed by atoms with Gasteiger partial charge in [-0.3, -0.25) is 9.59 Å². The third-order valence-electron chi connectivity index (χ3n) is 3.14. The molecule has 6 nitrogen and oxygen atoms in total. The molecule has 0 aromatic carbocycles. The van der Waals surface area contributed by atoms with Gasteiger partial charge >= 0.3 is 5.97 Å². The van der Waals surface area contributed by atoms with Crippen LogP contribution in [0.15, 0.2) is 12.5 Å². The number of aryl methyl sites for hydroxylation is 1. The van der Waals surface area contributed by atoms with Crippen molar-refractivity contribution in [3.8, 4) is 0 Å². The molecule has 2 heterocycles. The van der Waals surface area contributed by atoms with E-state index in [1.54, 1.807) is 6.33 Å². The maximum Gasteiger partial charge on any atom is 0.309 e. The Kier molecular flexibility index (Phi) is 5.54. The quantitative estimate of drug-likeness (QED) is 0.834. The highest BCUT2D eigenvalue weighted by atomic mass is 16.5. The number of rotatable bonds is 3. The third kappa shape index (κ3) is 4.39. The summed E-state index contributed by atoms with van der Waals surface area (Å²) in [4.78, 5) is 24.5. The van der Waals surface area contributed by atoms with Gasteiger partial charge in [-0.15, -0.1) is 0 Å². The van der Waals surface area contributed by atoms with Crippen molar-refractivity contribution in [2.45, 2.75) is 26.7 Å². The summed E-state index contributed by atoms with van der Waals surface area (Å²) in [5, 5.41) is 7.42. The van der Waals surface area contributed by atoms with Gasteiger partial charge in [-0.25, -0.2) is 4.98 Å². The largest absolute Gasteiger partial charge is 0.481 e. The molecule has 0 unspecified atom stereocenters. The molecule has 0 saturated carbocycles. The highest BCUT2D eigenvalue weighted by Gasteiger charge is 2.35. The fourth-order valence-electron chi connectivity index (χ4n) is 2.16. The summed E-state index contributed by atoms with van der Waals surface area (Å²) < 4.78 is 7.08. The topological polar surface area (TPSA) is 81.4 Å². The van der Waals surface area contributed by atoms with Gasteiger partial charge in [-0.05, 0) is 12.8 Å². The van der Waals surface area contributed by atoms with Crippen molar-refractivity contribution in [2.75, 3.05) is 6.61 Å².